The van der Waals surface area contributed by atoms with Gasteiger partial charge in [0.25, 0.3) is 0 Å². The maximum Gasteiger partial charge on any atom is 0.0288 e. The van der Waals surface area contributed by atoms with Gasteiger partial charge in [-0.3, -0.25) is 0 Å². The van der Waals surface area contributed by atoms with E-state index in [4.69, 9.17) is 12.6 Å². The molecular weight excluding hydrogens is 94.1 g/mol. The molecule has 1 unspecified atom stereocenters. The quantitative estimate of drug-likeness (QED) is 0.471. The lowest BCUT2D eigenvalue weighted by molar-refractivity contribution is 0.859. The Morgan fingerprint density at radius 2 is 2.50 bits per heavy atom. The number of hydrogen-bond acceptors (Lipinski definition) is 1. The Kier molecular flexibility index (Phi) is 1.37. The highest BCUT2D eigenvalue weighted by Crippen LogP contribution is 2.02. The van der Waals surface area contributed by atoms with E-state index in [0.717, 1.165) is 13.1 Å². The van der Waals surface area contributed by atoms with Gasteiger partial charge in [0.2, 0.25) is 0 Å². The van der Waals surface area contributed by atoms with Gasteiger partial charge in [-0.1, -0.05) is 12.6 Å². The van der Waals surface area contributed by atoms with Crippen LogP contribution in [0.15, 0.2) is 0 Å². The van der Waals surface area contributed by atoms with Crippen molar-refractivity contribution in [1.82, 2.24) is 5.32 Å². The third-order valence-electron chi connectivity index (χ3n) is 1.02. The molecule has 0 spiro atoms. The van der Waals surface area contributed by atoms with Crippen LogP contribution >= 0.6 is 12.6 Å². The van der Waals surface area contributed by atoms with Gasteiger partial charge < -0.3 is 5.32 Å². The van der Waals surface area contributed by atoms with Crippen molar-refractivity contribution < 1.29 is 0 Å². The lowest BCUT2D eigenvalue weighted by atomic mass is 10.4. The highest BCUT2D eigenvalue weighted by Gasteiger charge is 2.08. The zero-order valence-corrected chi connectivity index (χ0v) is 4.42. The highest BCUT2D eigenvalue weighted by molar-refractivity contribution is 7.81. The normalized spacial score (nSPS) is 34.5. The van der Waals surface area contributed by atoms with Gasteiger partial charge in [0.1, 0.15) is 0 Å². The van der Waals surface area contributed by atoms with Crippen molar-refractivity contribution in [2.75, 3.05) is 13.1 Å². The average Bonchev–Trinajstić information content (AvgIpc) is 1.86. The fraction of sp³-hybridized carbons (Fsp3) is 1.00. The van der Waals surface area contributed by atoms with Crippen LogP contribution in [0.3, 0.4) is 0 Å². The summed E-state index contributed by atoms with van der Waals surface area (Å²) in [6, 6.07) is 0. The minimum Gasteiger partial charge on any atom is -0.316 e. The monoisotopic (exact) mass is 102 g/mol. The fourth-order valence-corrected chi connectivity index (χ4v) is 0.864. The molecule has 1 radical (unpaired) electrons. The Bertz CT molecular complexity index is 40.8. The minimum absolute atomic E-state index is 0.519. The summed E-state index contributed by atoms with van der Waals surface area (Å²) in [7, 11) is 0. The maximum absolute atomic E-state index is 4.94. The van der Waals surface area contributed by atoms with Crippen LogP contribution in [0.5, 0.6) is 0 Å². The topological polar surface area (TPSA) is 12.0 Å². The van der Waals surface area contributed by atoms with Crippen LogP contribution in [-0.4, -0.2) is 18.3 Å². The van der Waals surface area contributed by atoms with Crippen LogP contribution in [0.25, 0.3) is 0 Å². The van der Waals surface area contributed by atoms with E-state index in [9.17, 15) is 0 Å². The molecule has 35 valence electrons. The summed E-state index contributed by atoms with van der Waals surface area (Å²) in [5, 5.41) is 3.69. The molecule has 1 nitrogen and oxygen atoms in total. The van der Waals surface area contributed by atoms with E-state index in [2.05, 4.69) is 5.32 Å². The third kappa shape index (κ3) is 0.884. The van der Waals surface area contributed by atoms with Crippen LogP contribution in [0.4, 0.5) is 0 Å². The standard InChI is InChI=1S/C4H8NS/c6-4-1-2-5-3-4/h4-5H,1-3H2. The fourth-order valence-electron chi connectivity index (χ4n) is 0.628. The summed E-state index contributed by atoms with van der Waals surface area (Å²) in [6.07, 6.45) is 1.19. The van der Waals surface area contributed by atoms with Crippen molar-refractivity contribution in [2.24, 2.45) is 0 Å². The van der Waals surface area contributed by atoms with E-state index < -0.39 is 0 Å². The molecule has 0 aromatic carbocycles. The summed E-state index contributed by atoms with van der Waals surface area (Å²) in [5.74, 6) is 0. The molecule has 1 heterocycles. The first-order valence-corrected chi connectivity index (χ1v) is 2.73. The molecule has 1 N–H and O–H groups in total. The lowest BCUT2D eigenvalue weighted by Gasteiger charge is -1.88. The van der Waals surface area contributed by atoms with E-state index in [1.807, 2.05) is 0 Å². The second-order valence-electron chi connectivity index (χ2n) is 1.61. The molecule has 1 aliphatic rings. The molecule has 1 rings (SSSR count). The summed E-state index contributed by atoms with van der Waals surface area (Å²) in [4.78, 5) is 0. The van der Waals surface area contributed by atoms with Crippen LogP contribution in [0.2, 0.25) is 0 Å². The van der Waals surface area contributed by atoms with E-state index >= 15 is 0 Å². The second-order valence-corrected chi connectivity index (χ2v) is 2.28. The summed E-state index contributed by atoms with van der Waals surface area (Å²) in [5.41, 5.74) is 0. The molecule has 1 saturated heterocycles. The van der Waals surface area contributed by atoms with Crippen molar-refractivity contribution in [3.8, 4) is 0 Å². The zero-order valence-electron chi connectivity index (χ0n) is 3.61. The SMILES string of the molecule is [S]C1CCNC1. The molecular formula is C4H8NS. The largest absolute Gasteiger partial charge is 0.316 e. The van der Waals surface area contributed by atoms with Gasteiger partial charge in [0.05, 0.1) is 0 Å². The number of rotatable bonds is 0. The van der Waals surface area contributed by atoms with Gasteiger partial charge in [-0.25, -0.2) is 0 Å². The molecule has 0 aliphatic carbocycles. The first kappa shape index (κ1) is 4.47. The second kappa shape index (κ2) is 1.85. The van der Waals surface area contributed by atoms with Crippen LogP contribution in [0.1, 0.15) is 6.42 Å². The number of hydrogen-bond donors (Lipinski definition) is 1. The first-order valence-electron chi connectivity index (χ1n) is 2.26. The average molecular weight is 102 g/mol. The van der Waals surface area contributed by atoms with Gasteiger partial charge in [0.15, 0.2) is 0 Å². The third-order valence-corrected chi connectivity index (χ3v) is 1.42. The van der Waals surface area contributed by atoms with Gasteiger partial charge in [-0.05, 0) is 13.0 Å². The summed E-state index contributed by atoms with van der Waals surface area (Å²) in [6.45, 7) is 2.18. The Morgan fingerprint density at radius 3 is 2.67 bits per heavy atom. The molecule has 1 atom stereocenters. The van der Waals surface area contributed by atoms with Gasteiger partial charge >= 0.3 is 0 Å². The van der Waals surface area contributed by atoms with Crippen molar-refractivity contribution in [1.29, 1.82) is 0 Å². The van der Waals surface area contributed by atoms with E-state index in [-0.39, 0.29) is 0 Å². The molecule has 1 fully saturated rings. The molecule has 2 heteroatoms. The molecule has 0 aromatic rings. The van der Waals surface area contributed by atoms with Crippen molar-refractivity contribution >= 4 is 12.6 Å². The van der Waals surface area contributed by atoms with Gasteiger partial charge in [0, 0.05) is 11.8 Å². The summed E-state index contributed by atoms with van der Waals surface area (Å²) < 4.78 is 0. The minimum atomic E-state index is 0.519. The lowest BCUT2D eigenvalue weighted by Crippen LogP contribution is -2.07. The molecule has 6 heavy (non-hydrogen) atoms. The van der Waals surface area contributed by atoms with Crippen LogP contribution < -0.4 is 5.32 Å². The van der Waals surface area contributed by atoms with Crippen molar-refractivity contribution in [3.05, 3.63) is 0 Å². The Labute approximate surface area is 43.5 Å². The maximum atomic E-state index is 4.94. The predicted molar refractivity (Wildman–Crippen MR) is 28.9 cm³/mol. The predicted octanol–water partition coefficient (Wildman–Crippen LogP) is 0.546. The molecule has 0 aromatic heterocycles. The molecule has 0 saturated carbocycles. The van der Waals surface area contributed by atoms with Gasteiger partial charge in [-0.2, -0.15) is 0 Å². The van der Waals surface area contributed by atoms with E-state index in [1.165, 1.54) is 6.42 Å². The molecule has 0 amide bonds. The van der Waals surface area contributed by atoms with Crippen LogP contribution in [-0.2, 0) is 0 Å². The Balaban J connectivity index is 2.18. The van der Waals surface area contributed by atoms with Gasteiger partial charge in [-0.15, -0.1) is 0 Å². The van der Waals surface area contributed by atoms with Crippen LogP contribution in [0, 0.1) is 0 Å². The Morgan fingerprint density at radius 1 is 1.67 bits per heavy atom. The smallest absolute Gasteiger partial charge is 0.0288 e. The van der Waals surface area contributed by atoms with Crippen molar-refractivity contribution in [2.45, 2.75) is 11.7 Å². The highest BCUT2D eigenvalue weighted by atomic mass is 32.1. The number of nitrogens with one attached hydrogen (secondary N) is 1. The Hall–Kier alpha value is 0.310. The van der Waals surface area contributed by atoms with E-state index in [1.54, 1.807) is 0 Å². The first-order chi connectivity index (χ1) is 2.89. The van der Waals surface area contributed by atoms with Crippen molar-refractivity contribution in [3.63, 3.8) is 0 Å². The summed E-state index contributed by atoms with van der Waals surface area (Å²) >= 11 is 4.94. The zero-order chi connectivity index (χ0) is 4.41. The van der Waals surface area contributed by atoms with E-state index in [0.29, 0.717) is 5.25 Å². The molecule has 0 bridgehead atoms. The molecule has 1 aliphatic heterocycles.